The first kappa shape index (κ1) is 15.7. The van der Waals surface area contributed by atoms with E-state index in [-0.39, 0.29) is 29.9 Å². The molecule has 1 aliphatic carbocycles. The van der Waals surface area contributed by atoms with Gasteiger partial charge in [-0.1, -0.05) is 6.07 Å². The van der Waals surface area contributed by atoms with Crippen molar-refractivity contribution in [2.45, 2.75) is 45.4 Å². The zero-order valence-electron chi connectivity index (χ0n) is 12.5. The van der Waals surface area contributed by atoms with Gasteiger partial charge in [-0.2, -0.15) is 0 Å². The molecule has 2 rings (SSSR count). The second-order valence-electron chi connectivity index (χ2n) is 5.67. The standard InChI is InChI=1S/C17H21FO3/c1-3-21-16(20)10-12-5-4-6-15(19)17(12)13-7-11(2)8-14(18)9-13/h7-9,12,17H,3-6,10H2,1-2H3/t12-,17+/m1/s1. The summed E-state index contributed by atoms with van der Waals surface area (Å²) in [6, 6.07) is 4.70. The average molecular weight is 292 g/mol. The van der Waals surface area contributed by atoms with Gasteiger partial charge in [0.2, 0.25) is 0 Å². The molecule has 1 aliphatic rings. The van der Waals surface area contributed by atoms with Crippen molar-refractivity contribution < 1.29 is 18.7 Å². The molecule has 0 bridgehead atoms. The first-order valence-corrected chi connectivity index (χ1v) is 7.46. The molecule has 1 aromatic carbocycles. The first-order chi connectivity index (χ1) is 10.0. The molecule has 1 saturated carbocycles. The Balaban J connectivity index is 2.26. The van der Waals surface area contributed by atoms with Crippen LogP contribution in [-0.4, -0.2) is 18.4 Å². The number of carbonyl (C=O) groups is 2. The Kier molecular flexibility index (Phi) is 5.10. The molecule has 0 heterocycles. The van der Waals surface area contributed by atoms with Crippen LogP contribution in [0.2, 0.25) is 0 Å². The Bertz CT molecular complexity index is 519. The summed E-state index contributed by atoms with van der Waals surface area (Å²) in [4.78, 5) is 24.0. The minimum Gasteiger partial charge on any atom is -0.466 e. The summed E-state index contributed by atoms with van der Waals surface area (Å²) >= 11 is 0. The van der Waals surface area contributed by atoms with Crippen LogP contribution in [0.3, 0.4) is 0 Å². The molecule has 0 N–H and O–H groups in total. The highest BCUT2D eigenvalue weighted by Crippen LogP contribution is 2.38. The molecule has 2 atom stereocenters. The predicted octanol–water partition coefficient (Wildman–Crippen LogP) is 3.54. The molecule has 0 radical (unpaired) electrons. The summed E-state index contributed by atoms with van der Waals surface area (Å²) < 4.78 is 18.6. The van der Waals surface area contributed by atoms with Crippen molar-refractivity contribution in [3.05, 3.63) is 35.1 Å². The van der Waals surface area contributed by atoms with E-state index in [2.05, 4.69) is 0 Å². The molecule has 0 spiro atoms. The van der Waals surface area contributed by atoms with Crippen molar-refractivity contribution in [3.63, 3.8) is 0 Å². The molecule has 3 nitrogen and oxygen atoms in total. The van der Waals surface area contributed by atoms with Gasteiger partial charge in [-0.15, -0.1) is 0 Å². The van der Waals surface area contributed by atoms with Gasteiger partial charge in [0.25, 0.3) is 0 Å². The van der Waals surface area contributed by atoms with E-state index in [9.17, 15) is 14.0 Å². The lowest BCUT2D eigenvalue weighted by atomic mass is 9.73. The SMILES string of the molecule is CCOC(=O)C[C@H]1CCCC(=O)[C@@H]1c1cc(C)cc(F)c1. The van der Waals surface area contributed by atoms with E-state index in [1.807, 2.05) is 6.07 Å². The smallest absolute Gasteiger partial charge is 0.306 e. The summed E-state index contributed by atoms with van der Waals surface area (Å²) in [5.41, 5.74) is 1.48. The number of hydrogen-bond donors (Lipinski definition) is 0. The fraction of sp³-hybridized carbons (Fsp3) is 0.529. The lowest BCUT2D eigenvalue weighted by molar-refractivity contribution is -0.144. The van der Waals surface area contributed by atoms with Crippen LogP contribution in [0.1, 0.15) is 49.7 Å². The molecule has 4 heteroatoms. The Morgan fingerprint density at radius 3 is 2.81 bits per heavy atom. The summed E-state index contributed by atoms with van der Waals surface area (Å²) in [5.74, 6) is -1.00. The molecule has 0 amide bonds. The first-order valence-electron chi connectivity index (χ1n) is 7.46. The average Bonchev–Trinajstić information content (AvgIpc) is 2.37. The van der Waals surface area contributed by atoms with E-state index in [1.165, 1.54) is 12.1 Å². The topological polar surface area (TPSA) is 43.4 Å². The summed E-state index contributed by atoms with van der Waals surface area (Å²) in [6.07, 6.45) is 2.30. The normalized spacial score (nSPS) is 22.1. The van der Waals surface area contributed by atoms with Gasteiger partial charge in [-0.25, -0.2) is 4.39 Å². The van der Waals surface area contributed by atoms with Gasteiger partial charge >= 0.3 is 5.97 Å². The number of hydrogen-bond acceptors (Lipinski definition) is 3. The van der Waals surface area contributed by atoms with Gasteiger partial charge in [-0.3, -0.25) is 9.59 Å². The number of benzene rings is 1. The number of halogens is 1. The Labute approximate surface area is 124 Å². The third-order valence-corrected chi connectivity index (χ3v) is 3.97. The highest BCUT2D eigenvalue weighted by atomic mass is 19.1. The lowest BCUT2D eigenvalue weighted by Crippen LogP contribution is -2.29. The summed E-state index contributed by atoms with van der Waals surface area (Å²) in [6.45, 7) is 3.90. The molecule has 0 unspecified atom stereocenters. The number of aryl methyl sites for hydroxylation is 1. The fourth-order valence-corrected chi connectivity index (χ4v) is 3.18. The zero-order valence-corrected chi connectivity index (χ0v) is 12.5. The second-order valence-corrected chi connectivity index (χ2v) is 5.67. The predicted molar refractivity (Wildman–Crippen MR) is 77.5 cm³/mol. The van der Waals surface area contributed by atoms with E-state index in [1.54, 1.807) is 13.8 Å². The highest BCUT2D eigenvalue weighted by molar-refractivity contribution is 5.87. The Morgan fingerprint density at radius 2 is 2.14 bits per heavy atom. The van der Waals surface area contributed by atoms with Gasteiger partial charge < -0.3 is 4.74 Å². The lowest BCUT2D eigenvalue weighted by Gasteiger charge is -2.30. The highest BCUT2D eigenvalue weighted by Gasteiger charge is 2.34. The van der Waals surface area contributed by atoms with Gasteiger partial charge in [0.1, 0.15) is 11.6 Å². The Morgan fingerprint density at radius 1 is 1.38 bits per heavy atom. The van der Waals surface area contributed by atoms with Crippen molar-refractivity contribution in [2.24, 2.45) is 5.92 Å². The molecule has 0 aromatic heterocycles. The van der Waals surface area contributed by atoms with Crippen LogP contribution in [-0.2, 0) is 14.3 Å². The fourth-order valence-electron chi connectivity index (χ4n) is 3.18. The van der Waals surface area contributed by atoms with Gasteiger partial charge in [0, 0.05) is 18.8 Å². The van der Waals surface area contributed by atoms with Crippen LogP contribution in [0.15, 0.2) is 18.2 Å². The van der Waals surface area contributed by atoms with Crippen molar-refractivity contribution in [3.8, 4) is 0 Å². The maximum Gasteiger partial charge on any atom is 0.306 e. The number of esters is 1. The number of rotatable bonds is 4. The molecule has 1 fully saturated rings. The molecular formula is C17H21FO3. The van der Waals surface area contributed by atoms with Crippen LogP contribution >= 0.6 is 0 Å². The van der Waals surface area contributed by atoms with Crippen molar-refractivity contribution >= 4 is 11.8 Å². The minimum atomic E-state index is -0.391. The number of Topliss-reactive ketones (excluding diaryl/α,β-unsaturated/α-hetero) is 1. The van der Waals surface area contributed by atoms with Crippen LogP contribution in [0.25, 0.3) is 0 Å². The van der Waals surface area contributed by atoms with Gasteiger partial charge in [0.15, 0.2) is 0 Å². The van der Waals surface area contributed by atoms with Crippen LogP contribution < -0.4 is 0 Å². The van der Waals surface area contributed by atoms with Gasteiger partial charge in [-0.05, 0) is 55.9 Å². The molecule has 21 heavy (non-hydrogen) atoms. The summed E-state index contributed by atoms with van der Waals surface area (Å²) in [7, 11) is 0. The largest absolute Gasteiger partial charge is 0.466 e. The number of carbonyl (C=O) groups excluding carboxylic acids is 2. The number of ether oxygens (including phenoxy) is 1. The monoisotopic (exact) mass is 292 g/mol. The molecule has 1 aromatic rings. The van der Waals surface area contributed by atoms with Crippen molar-refractivity contribution in [1.82, 2.24) is 0 Å². The van der Waals surface area contributed by atoms with Crippen LogP contribution in [0, 0.1) is 18.7 Å². The second kappa shape index (κ2) is 6.83. The van der Waals surface area contributed by atoms with E-state index >= 15 is 0 Å². The molecule has 0 aliphatic heterocycles. The maximum absolute atomic E-state index is 13.6. The van der Waals surface area contributed by atoms with Crippen molar-refractivity contribution in [2.75, 3.05) is 6.61 Å². The third kappa shape index (κ3) is 3.90. The molecule has 114 valence electrons. The summed E-state index contributed by atoms with van der Waals surface area (Å²) in [5, 5.41) is 0. The minimum absolute atomic E-state index is 0.0912. The quantitative estimate of drug-likeness (QED) is 0.797. The Hall–Kier alpha value is -1.71. The van der Waals surface area contributed by atoms with Gasteiger partial charge in [0.05, 0.1) is 6.61 Å². The van der Waals surface area contributed by atoms with E-state index in [0.717, 1.165) is 18.4 Å². The molecule has 0 saturated heterocycles. The third-order valence-electron chi connectivity index (χ3n) is 3.97. The van der Waals surface area contributed by atoms with E-state index < -0.39 is 5.92 Å². The van der Waals surface area contributed by atoms with Crippen LogP contribution in [0.4, 0.5) is 4.39 Å². The zero-order chi connectivity index (χ0) is 15.4. The van der Waals surface area contributed by atoms with Crippen LogP contribution in [0.5, 0.6) is 0 Å². The number of ketones is 1. The van der Waals surface area contributed by atoms with E-state index in [0.29, 0.717) is 18.6 Å². The van der Waals surface area contributed by atoms with Crippen molar-refractivity contribution in [1.29, 1.82) is 0 Å². The molecular weight excluding hydrogens is 271 g/mol. The maximum atomic E-state index is 13.6. The van der Waals surface area contributed by atoms with E-state index in [4.69, 9.17) is 4.74 Å².